The zero-order valence-corrected chi connectivity index (χ0v) is 24.3. The van der Waals surface area contributed by atoms with Crippen molar-refractivity contribution in [1.82, 2.24) is 0 Å². The number of Topliss-reactive ketones (excluding diaryl/α,β-unsaturated/α-hetero) is 1. The normalized spacial score (nSPS) is 48.0. The molecule has 0 spiro atoms. The van der Waals surface area contributed by atoms with E-state index in [4.69, 9.17) is 11.3 Å². The van der Waals surface area contributed by atoms with E-state index >= 15 is 0 Å². The molecule has 5 aliphatic carbocycles. The van der Waals surface area contributed by atoms with Crippen molar-refractivity contribution in [2.45, 2.75) is 106 Å². The van der Waals surface area contributed by atoms with Crippen molar-refractivity contribution in [2.75, 3.05) is 7.11 Å². The molecule has 5 nitrogen and oxygen atoms in total. The number of carbonyl (C=O) groups is 2. The van der Waals surface area contributed by atoms with Gasteiger partial charge in [0, 0.05) is 17.8 Å². The molecule has 5 aliphatic rings. The number of rotatable bonds is 1. The molecule has 8 atom stereocenters. The molecule has 37 heavy (non-hydrogen) atoms. The third-order valence-corrected chi connectivity index (χ3v) is 13.3. The maximum absolute atomic E-state index is 14.5. The number of carbonyl (C=O) groups excluding carboxylic acids is 2. The van der Waals surface area contributed by atoms with Crippen molar-refractivity contribution < 1.29 is 19.4 Å². The van der Waals surface area contributed by atoms with E-state index in [2.05, 4.69) is 53.3 Å². The second-order valence-electron chi connectivity index (χ2n) is 15.6. The van der Waals surface area contributed by atoms with Crippen LogP contribution >= 0.6 is 0 Å². The van der Waals surface area contributed by atoms with Gasteiger partial charge in [-0.3, -0.25) is 9.59 Å². The first-order valence-corrected chi connectivity index (χ1v) is 14.5. The molecule has 0 saturated heterocycles. The molecule has 5 heteroatoms. The fraction of sp³-hybridized carbons (Fsp3) is 0.844. The number of esters is 1. The van der Waals surface area contributed by atoms with E-state index in [1.165, 1.54) is 7.11 Å². The number of methoxy groups -OCH3 is 1. The summed E-state index contributed by atoms with van der Waals surface area (Å²) in [6.07, 6.45) is 7.41. The summed E-state index contributed by atoms with van der Waals surface area (Å²) in [4.78, 5) is 31.7. The highest BCUT2D eigenvalue weighted by atomic mass is 16.5. The molecule has 0 aliphatic heterocycles. The number of hydrogen-bond donors (Lipinski definition) is 1. The van der Waals surface area contributed by atoms with E-state index in [1.807, 2.05) is 0 Å². The lowest BCUT2D eigenvalue weighted by Crippen LogP contribution is -2.69. The van der Waals surface area contributed by atoms with Gasteiger partial charge in [0.1, 0.15) is 11.5 Å². The van der Waals surface area contributed by atoms with Gasteiger partial charge in [-0.2, -0.15) is 0 Å². The molecule has 0 radical (unpaired) electrons. The number of aliphatic hydroxyl groups excluding tert-OH is 1. The van der Waals surface area contributed by atoms with Crippen molar-refractivity contribution in [2.24, 2.45) is 56.2 Å². The molecule has 1 N–H and O–H groups in total. The summed E-state index contributed by atoms with van der Waals surface area (Å²) in [6, 6.07) is 0. The van der Waals surface area contributed by atoms with Gasteiger partial charge in [0.25, 0.3) is 0 Å². The van der Waals surface area contributed by atoms with Crippen LogP contribution in [0.25, 0.3) is 4.85 Å². The Hall–Kier alpha value is -1.83. The summed E-state index contributed by atoms with van der Waals surface area (Å²) >= 11 is 0. The summed E-state index contributed by atoms with van der Waals surface area (Å²) in [7, 11) is 1.51. The SMILES string of the molecule is [C-]#[N+]C1=C(O)C(C)(C)[C@@H]2CC[C@]3(C)[C@H](CC(=O)[C@@H]4[C@@H]5CC(C)(C)CC[C@]5(C(=O)OC)CC[C@]43C)[C@@]2(C)C1. The van der Waals surface area contributed by atoms with Crippen LogP contribution in [0.1, 0.15) is 106 Å². The van der Waals surface area contributed by atoms with E-state index in [0.29, 0.717) is 24.3 Å². The Labute approximate surface area is 223 Å². The summed E-state index contributed by atoms with van der Waals surface area (Å²) in [6.45, 7) is 23.7. The van der Waals surface area contributed by atoms with Crippen molar-refractivity contribution >= 4 is 11.8 Å². The molecule has 0 aromatic rings. The highest BCUT2D eigenvalue weighted by Gasteiger charge is 2.73. The maximum Gasteiger partial charge on any atom is 0.312 e. The summed E-state index contributed by atoms with van der Waals surface area (Å²) < 4.78 is 5.43. The van der Waals surface area contributed by atoms with Crippen LogP contribution < -0.4 is 0 Å². The topological polar surface area (TPSA) is 68.0 Å². The summed E-state index contributed by atoms with van der Waals surface area (Å²) in [5.41, 5.74) is -0.951. The van der Waals surface area contributed by atoms with Crippen LogP contribution in [-0.4, -0.2) is 24.0 Å². The van der Waals surface area contributed by atoms with Crippen LogP contribution in [0.4, 0.5) is 0 Å². The van der Waals surface area contributed by atoms with Crippen LogP contribution in [-0.2, 0) is 14.3 Å². The molecule has 4 saturated carbocycles. The van der Waals surface area contributed by atoms with Gasteiger partial charge in [-0.25, -0.2) is 4.85 Å². The van der Waals surface area contributed by atoms with Gasteiger partial charge in [-0.05, 0) is 90.8 Å². The standard InChI is InChI=1S/C32H47NO4/c1-27(2)12-14-32(26(36)37-9)15-13-31(7)24(19(32)17-27)21(34)16-23-29(5)18-20(33-8)25(35)28(3,4)22(29)10-11-30(23,31)6/h19,22-24,35H,10-18H2,1-7,9H3/t19-,22-,23+,24-,29-,30+,31+,32-/m0/s1. The first-order chi connectivity index (χ1) is 17.0. The van der Waals surface area contributed by atoms with Crippen molar-refractivity contribution in [1.29, 1.82) is 0 Å². The Balaban J connectivity index is 1.62. The summed E-state index contributed by atoms with van der Waals surface area (Å²) in [5, 5.41) is 11.0. The van der Waals surface area contributed by atoms with Crippen LogP contribution in [0, 0.1) is 62.7 Å². The van der Waals surface area contributed by atoms with Gasteiger partial charge in [-0.1, -0.05) is 48.5 Å². The Bertz CT molecular complexity index is 1110. The molecule has 0 amide bonds. The first-order valence-electron chi connectivity index (χ1n) is 14.5. The Morgan fingerprint density at radius 3 is 2.24 bits per heavy atom. The largest absolute Gasteiger partial charge is 0.523 e. The van der Waals surface area contributed by atoms with Gasteiger partial charge in [0.15, 0.2) is 0 Å². The van der Waals surface area contributed by atoms with Gasteiger partial charge < -0.3 is 9.84 Å². The maximum atomic E-state index is 14.5. The number of aliphatic hydroxyl groups is 1. The highest BCUT2D eigenvalue weighted by Crippen LogP contribution is 2.76. The zero-order valence-electron chi connectivity index (χ0n) is 24.3. The molecule has 4 fully saturated rings. The number of ketones is 1. The van der Waals surface area contributed by atoms with Crippen molar-refractivity contribution in [3.8, 4) is 0 Å². The molecule has 0 bridgehead atoms. The highest BCUT2D eigenvalue weighted by molar-refractivity contribution is 5.86. The fourth-order valence-corrected chi connectivity index (χ4v) is 11.1. The van der Waals surface area contributed by atoms with E-state index in [-0.39, 0.29) is 57.1 Å². The van der Waals surface area contributed by atoms with E-state index < -0.39 is 10.8 Å². The lowest BCUT2D eigenvalue weighted by atomic mass is 9.31. The quantitative estimate of drug-likeness (QED) is 0.293. The average Bonchev–Trinajstić information content (AvgIpc) is 2.82. The molecule has 0 aromatic heterocycles. The van der Waals surface area contributed by atoms with Gasteiger partial charge in [0.05, 0.1) is 19.1 Å². The Morgan fingerprint density at radius 2 is 1.62 bits per heavy atom. The molecular weight excluding hydrogens is 462 g/mol. The van der Waals surface area contributed by atoms with Crippen LogP contribution in [0.15, 0.2) is 11.5 Å². The minimum absolute atomic E-state index is 0.0174. The first kappa shape index (κ1) is 26.8. The molecule has 0 unspecified atom stereocenters. The predicted molar refractivity (Wildman–Crippen MR) is 143 cm³/mol. The molecular formula is C32H47NO4. The summed E-state index contributed by atoms with van der Waals surface area (Å²) in [5.74, 6) is 0.725. The lowest BCUT2D eigenvalue weighted by Gasteiger charge is -2.72. The van der Waals surface area contributed by atoms with E-state index in [0.717, 1.165) is 44.9 Å². The molecule has 204 valence electrons. The number of hydrogen-bond acceptors (Lipinski definition) is 4. The van der Waals surface area contributed by atoms with Gasteiger partial charge >= 0.3 is 5.97 Å². The van der Waals surface area contributed by atoms with Crippen LogP contribution in [0.2, 0.25) is 0 Å². The Morgan fingerprint density at radius 1 is 0.973 bits per heavy atom. The molecule has 5 rings (SSSR count). The van der Waals surface area contributed by atoms with Crippen molar-refractivity contribution in [3.63, 3.8) is 0 Å². The van der Waals surface area contributed by atoms with Crippen molar-refractivity contribution in [3.05, 3.63) is 22.9 Å². The number of fused-ring (bicyclic) bond motifs is 7. The lowest BCUT2D eigenvalue weighted by molar-refractivity contribution is -0.233. The Kier molecular flexibility index (Phi) is 5.68. The minimum atomic E-state index is -0.549. The zero-order chi connectivity index (χ0) is 27.4. The number of ether oxygens (including phenoxy) is 1. The average molecular weight is 510 g/mol. The van der Waals surface area contributed by atoms with Gasteiger partial charge in [0.2, 0.25) is 5.70 Å². The smallest absolute Gasteiger partial charge is 0.312 e. The van der Waals surface area contributed by atoms with Crippen LogP contribution in [0.5, 0.6) is 0 Å². The van der Waals surface area contributed by atoms with Crippen LogP contribution in [0.3, 0.4) is 0 Å². The predicted octanol–water partition coefficient (Wildman–Crippen LogP) is 7.52. The number of allylic oxidation sites excluding steroid dienone is 2. The van der Waals surface area contributed by atoms with E-state index in [9.17, 15) is 14.7 Å². The van der Waals surface area contributed by atoms with Gasteiger partial charge in [-0.15, -0.1) is 0 Å². The third kappa shape index (κ3) is 3.20. The fourth-order valence-electron chi connectivity index (χ4n) is 11.1. The monoisotopic (exact) mass is 509 g/mol. The van der Waals surface area contributed by atoms with E-state index in [1.54, 1.807) is 0 Å². The second-order valence-corrected chi connectivity index (χ2v) is 15.6. The molecule has 0 aromatic carbocycles. The minimum Gasteiger partial charge on any atom is -0.523 e. The second kappa shape index (κ2) is 7.86. The molecule has 0 heterocycles. The number of nitrogens with zero attached hydrogens (tertiary/aromatic N) is 1. The third-order valence-electron chi connectivity index (χ3n) is 13.3.